The highest BCUT2D eigenvalue weighted by atomic mass is 35.5. The number of halogens is 1. The summed E-state index contributed by atoms with van der Waals surface area (Å²) in [4.78, 5) is 15.2. The molecule has 1 unspecified atom stereocenters. The Morgan fingerprint density at radius 3 is 2.95 bits per heavy atom. The van der Waals surface area contributed by atoms with Gasteiger partial charge in [-0.25, -0.2) is 0 Å². The van der Waals surface area contributed by atoms with Crippen LogP contribution in [-0.4, -0.2) is 32.1 Å². The third-order valence-corrected chi connectivity index (χ3v) is 4.81. The van der Waals surface area contributed by atoms with Gasteiger partial charge in [-0.3, -0.25) is 4.79 Å². The minimum Gasteiger partial charge on any atom is -0.328 e. The van der Waals surface area contributed by atoms with Crippen molar-refractivity contribution in [1.82, 2.24) is 19.7 Å². The number of amides is 1. The maximum Gasteiger partial charge on any atom is 0.264 e. The number of likely N-dealkylation sites (tertiary alicyclic amines) is 1. The van der Waals surface area contributed by atoms with Crippen LogP contribution in [0.3, 0.4) is 0 Å². The Balaban J connectivity index is 1.89. The predicted octanol–water partition coefficient (Wildman–Crippen LogP) is 2.90. The number of hydrogen-bond donors (Lipinski definition) is 0. The zero-order chi connectivity index (χ0) is 14.1. The summed E-state index contributed by atoms with van der Waals surface area (Å²) in [5.74, 6) is 0.885. The molecule has 3 rings (SSSR count). The Bertz CT molecular complexity index is 623. The molecule has 1 aliphatic rings. The number of rotatable bonds is 2. The zero-order valence-corrected chi connectivity index (χ0v) is 12.7. The van der Waals surface area contributed by atoms with Gasteiger partial charge in [0.25, 0.3) is 5.91 Å². The summed E-state index contributed by atoms with van der Waals surface area (Å²) in [5.41, 5.74) is 0. The second-order valence-electron chi connectivity index (χ2n) is 4.91. The number of piperidine rings is 1. The van der Waals surface area contributed by atoms with Crippen molar-refractivity contribution in [3.8, 4) is 0 Å². The normalized spacial score (nSPS) is 19.3. The van der Waals surface area contributed by atoms with E-state index in [1.54, 1.807) is 18.5 Å². The van der Waals surface area contributed by atoms with E-state index in [9.17, 15) is 4.79 Å². The summed E-state index contributed by atoms with van der Waals surface area (Å²) in [6.07, 6.45) is 4.73. The molecule has 3 heterocycles. The third-order valence-electron chi connectivity index (χ3n) is 3.59. The lowest BCUT2D eigenvalue weighted by molar-refractivity contribution is 0.0601. The first-order valence-electron chi connectivity index (χ1n) is 6.57. The number of hydrogen-bond acceptors (Lipinski definition) is 4. The minimum atomic E-state index is 0.00428. The average Bonchev–Trinajstić information content (AvgIpc) is 3.07. The number of carbonyl (C=O) groups is 1. The number of aryl methyl sites for hydroxylation is 1. The van der Waals surface area contributed by atoms with Gasteiger partial charge in [-0.05, 0) is 31.4 Å². The predicted molar refractivity (Wildman–Crippen MR) is 78.0 cm³/mol. The summed E-state index contributed by atoms with van der Waals surface area (Å²) < 4.78 is 2.53. The van der Waals surface area contributed by atoms with Crippen molar-refractivity contribution in [2.75, 3.05) is 6.54 Å². The van der Waals surface area contributed by atoms with Crippen molar-refractivity contribution in [2.24, 2.45) is 7.05 Å². The first-order chi connectivity index (χ1) is 9.66. The quantitative estimate of drug-likeness (QED) is 0.857. The van der Waals surface area contributed by atoms with Crippen LogP contribution in [0, 0.1) is 0 Å². The van der Waals surface area contributed by atoms with Crippen LogP contribution in [0.5, 0.6) is 0 Å². The first-order valence-corrected chi connectivity index (χ1v) is 7.76. The summed E-state index contributed by atoms with van der Waals surface area (Å²) in [7, 11) is 1.91. The topological polar surface area (TPSA) is 51.0 Å². The van der Waals surface area contributed by atoms with Crippen LogP contribution >= 0.6 is 22.9 Å². The fourth-order valence-electron chi connectivity index (χ4n) is 2.61. The smallest absolute Gasteiger partial charge is 0.264 e. The van der Waals surface area contributed by atoms with Crippen LogP contribution in [0.25, 0.3) is 0 Å². The molecule has 1 fully saturated rings. The van der Waals surface area contributed by atoms with Crippen LogP contribution in [0.15, 0.2) is 18.5 Å². The molecular formula is C13H15ClN4OS. The molecule has 0 spiro atoms. The van der Waals surface area contributed by atoms with Gasteiger partial charge in [0.05, 0.1) is 15.3 Å². The Labute approximate surface area is 126 Å². The molecule has 2 aromatic heterocycles. The number of nitrogens with zero attached hydrogens (tertiary/aromatic N) is 4. The SMILES string of the molecule is Cn1cnnc1C1CCCCN1C(=O)c1ccc(Cl)s1. The van der Waals surface area contributed by atoms with Gasteiger partial charge in [0, 0.05) is 13.6 Å². The van der Waals surface area contributed by atoms with E-state index in [4.69, 9.17) is 11.6 Å². The Kier molecular flexibility index (Phi) is 3.76. The fraction of sp³-hybridized carbons (Fsp3) is 0.462. The standard InChI is InChI=1S/C13H15ClN4OS/c1-17-8-15-16-12(17)9-4-2-3-7-18(9)13(19)10-5-6-11(14)20-10/h5-6,8-9H,2-4,7H2,1H3. The van der Waals surface area contributed by atoms with Crippen LogP contribution in [0.4, 0.5) is 0 Å². The number of thiophene rings is 1. The second kappa shape index (κ2) is 5.54. The van der Waals surface area contributed by atoms with E-state index in [0.717, 1.165) is 31.6 Å². The molecule has 0 aliphatic carbocycles. The Hall–Kier alpha value is -1.40. The summed E-state index contributed by atoms with van der Waals surface area (Å²) in [5, 5.41) is 8.09. The van der Waals surface area contributed by atoms with Crippen molar-refractivity contribution in [2.45, 2.75) is 25.3 Å². The lowest BCUT2D eigenvalue weighted by Crippen LogP contribution is -2.39. The molecule has 0 saturated carbocycles. The van der Waals surface area contributed by atoms with Gasteiger partial charge >= 0.3 is 0 Å². The van der Waals surface area contributed by atoms with Crippen LogP contribution < -0.4 is 0 Å². The molecule has 106 valence electrons. The molecule has 5 nitrogen and oxygen atoms in total. The van der Waals surface area contributed by atoms with Gasteiger partial charge in [0.15, 0.2) is 5.82 Å². The van der Waals surface area contributed by atoms with Crippen molar-refractivity contribution < 1.29 is 4.79 Å². The van der Waals surface area contributed by atoms with Gasteiger partial charge in [-0.15, -0.1) is 21.5 Å². The first kappa shape index (κ1) is 13.6. The molecule has 2 aromatic rings. The highest BCUT2D eigenvalue weighted by molar-refractivity contribution is 7.17. The molecule has 1 atom stereocenters. The molecular weight excluding hydrogens is 296 g/mol. The summed E-state index contributed by atoms with van der Waals surface area (Å²) in [6, 6.07) is 3.56. The maximum absolute atomic E-state index is 12.7. The van der Waals surface area contributed by atoms with E-state index >= 15 is 0 Å². The number of carbonyl (C=O) groups excluding carboxylic acids is 1. The zero-order valence-electron chi connectivity index (χ0n) is 11.1. The Morgan fingerprint density at radius 1 is 1.45 bits per heavy atom. The molecule has 1 amide bonds. The highest BCUT2D eigenvalue weighted by Crippen LogP contribution is 2.32. The minimum absolute atomic E-state index is 0.00428. The molecule has 0 N–H and O–H groups in total. The van der Waals surface area contributed by atoms with E-state index in [-0.39, 0.29) is 11.9 Å². The van der Waals surface area contributed by atoms with Crippen molar-refractivity contribution in [1.29, 1.82) is 0 Å². The fourth-order valence-corrected chi connectivity index (χ4v) is 3.61. The molecule has 1 saturated heterocycles. The second-order valence-corrected chi connectivity index (χ2v) is 6.63. The Morgan fingerprint density at radius 2 is 2.30 bits per heavy atom. The van der Waals surface area contributed by atoms with Crippen LogP contribution in [0.2, 0.25) is 4.34 Å². The van der Waals surface area contributed by atoms with Gasteiger partial charge in [0.2, 0.25) is 0 Å². The van der Waals surface area contributed by atoms with Gasteiger partial charge in [0.1, 0.15) is 6.33 Å². The summed E-state index contributed by atoms with van der Waals surface area (Å²) >= 11 is 7.25. The number of aromatic nitrogens is 3. The molecule has 1 aliphatic heterocycles. The largest absolute Gasteiger partial charge is 0.328 e. The van der Waals surface area contributed by atoms with Crippen LogP contribution in [0.1, 0.15) is 40.8 Å². The lowest BCUT2D eigenvalue weighted by Gasteiger charge is -2.34. The highest BCUT2D eigenvalue weighted by Gasteiger charge is 2.32. The monoisotopic (exact) mass is 310 g/mol. The van der Waals surface area contributed by atoms with E-state index < -0.39 is 0 Å². The summed E-state index contributed by atoms with van der Waals surface area (Å²) in [6.45, 7) is 0.756. The van der Waals surface area contributed by atoms with E-state index in [2.05, 4.69) is 10.2 Å². The lowest BCUT2D eigenvalue weighted by atomic mass is 10.0. The van der Waals surface area contributed by atoms with E-state index in [1.165, 1.54) is 11.3 Å². The maximum atomic E-state index is 12.7. The average molecular weight is 311 g/mol. The van der Waals surface area contributed by atoms with Crippen molar-refractivity contribution >= 4 is 28.8 Å². The van der Waals surface area contributed by atoms with Crippen molar-refractivity contribution in [3.05, 3.63) is 33.5 Å². The van der Waals surface area contributed by atoms with Crippen LogP contribution in [-0.2, 0) is 7.05 Å². The van der Waals surface area contributed by atoms with Gasteiger partial charge < -0.3 is 9.47 Å². The van der Waals surface area contributed by atoms with Crippen molar-refractivity contribution in [3.63, 3.8) is 0 Å². The van der Waals surface area contributed by atoms with E-state index in [1.807, 2.05) is 16.5 Å². The molecule has 0 radical (unpaired) electrons. The third kappa shape index (κ3) is 2.45. The van der Waals surface area contributed by atoms with Gasteiger partial charge in [-0.2, -0.15) is 0 Å². The van der Waals surface area contributed by atoms with Gasteiger partial charge in [-0.1, -0.05) is 11.6 Å². The molecule has 20 heavy (non-hydrogen) atoms. The van der Waals surface area contributed by atoms with E-state index in [0.29, 0.717) is 9.21 Å². The molecule has 0 bridgehead atoms. The molecule has 7 heteroatoms. The molecule has 0 aromatic carbocycles.